The second-order valence-corrected chi connectivity index (χ2v) is 4.68. The predicted molar refractivity (Wildman–Crippen MR) is 83.2 cm³/mol. The number of phenols is 1. The van der Waals surface area contributed by atoms with Gasteiger partial charge in [0.15, 0.2) is 0 Å². The maximum absolute atomic E-state index is 11.8. The number of hydrazine groups is 1. The summed E-state index contributed by atoms with van der Waals surface area (Å²) in [6.45, 7) is 3.84. The van der Waals surface area contributed by atoms with Crippen LogP contribution in [0.15, 0.2) is 61.2 Å². The van der Waals surface area contributed by atoms with E-state index < -0.39 is 0 Å². The molecule has 2 aromatic rings. The average molecular weight is 282 g/mol. The highest BCUT2D eigenvalue weighted by atomic mass is 16.3. The minimum atomic E-state index is -0.0984. The van der Waals surface area contributed by atoms with Gasteiger partial charge in [0.1, 0.15) is 5.75 Å². The van der Waals surface area contributed by atoms with Crippen molar-refractivity contribution in [3.63, 3.8) is 0 Å². The number of aromatic hydroxyl groups is 1. The molecule has 2 rings (SSSR count). The van der Waals surface area contributed by atoms with E-state index in [2.05, 4.69) is 17.4 Å². The Kier molecular flexibility index (Phi) is 4.99. The maximum atomic E-state index is 11.8. The van der Waals surface area contributed by atoms with Gasteiger partial charge in [0.05, 0.1) is 5.70 Å². The highest BCUT2D eigenvalue weighted by Gasteiger charge is 2.03. The minimum Gasteiger partial charge on any atom is -0.508 e. The van der Waals surface area contributed by atoms with E-state index >= 15 is 0 Å². The lowest BCUT2D eigenvalue weighted by Crippen LogP contribution is -2.35. The number of phenolic OH excluding ortho intramolecular Hbond substituents is 1. The van der Waals surface area contributed by atoms with Crippen LogP contribution >= 0.6 is 0 Å². The second kappa shape index (κ2) is 7.14. The second-order valence-electron chi connectivity index (χ2n) is 4.68. The zero-order chi connectivity index (χ0) is 15.1. The lowest BCUT2D eigenvalue weighted by Gasteiger charge is -2.11. The van der Waals surface area contributed by atoms with Crippen LogP contribution in [0, 0.1) is 0 Å². The van der Waals surface area contributed by atoms with E-state index in [0.717, 1.165) is 11.1 Å². The molecule has 0 radical (unpaired) electrons. The summed E-state index contributed by atoms with van der Waals surface area (Å²) in [5.41, 5.74) is 7.90. The summed E-state index contributed by atoms with van der Waals surface area (Å²) < 4.78 is 0. The number of aryl methyl sites for hydroxylation is 1. The van der Waals surface area contributed by atoms with Crippen LogP contribution in [0.25, 0.3) is 5.70 Å². The molecule has 0 spiro atoms. The number of carbonyl (C=O) groups is 1. The van der Waals surface area contributed by atoms with Gasteiger partial charge in [0.25, 0.3) is 0 Å². The van der Waals surface area contributed by atoms with Gasteiger partial charge < -0.3 is 5.11 Å². The van der Waals surface area contributed by atoms with Crippen LogP contribution in [0.1, 0.15) is 17.5 Å². The van der Waals surface area contributed by atoms with Crippen LogP contribution in [0.5, 0.6) is 5.75 Å². The van der Waals surface area contributed by atoms with Crippen molar-refractivity contribution >= 4 is 11.6 Å². The molecule has 0 heterocycles. The Labute approximate surface area is 124 Å². The van der Waals surface area contributed by atoms with Gasteiger partial charge in [0.2, 0.25) is 5.91 Å². The highest BCUT2D eigenvalue weighted by Crippen LogP contribution is 2.13. The lowest BCUT2D eigenvalue weighted by atomic mass is 10.1. The Balaban J connectivity index is 1.76. The zero-order valence-corrected chi connectivity index (χ0v) is 11.7. The largest absolute Gasteiger partial charge is 0.508 e. The van der Waals surface area contributed by atoms with E-state index in [1.807, 2.05) is 30.3 Å². The molecule has 0 aromatic heterocycles. The van der Waals surface area contributed by atoms with E-state index in [0.29, 0.717) is 18.5 Å². The van der Waals surface area contributed by atoms with E-state index in [1.54, 1.807) is 24.3 Å². The number of carbonyl (C=O) groups excluding carboxylic acids is 1. The van der Waals surface area contributed by atoms with Gasteiger partial charge in [-0.2, -0.15) is 0 Å². The average Bonchev–Trinajstić information content (AvgIpc) is 2.52. The summed E-state index contributed by atoms with van der Waals surface area (Å²) in [7, 11) is 0. The summed E-state index contributed by atoms with van der Waals surface area (Å²) in [5.74, 6) is 0.0947. The molecule has 0 saturated heterocycles. The SMILES string of the molecule is C=C(NNC(=O)CCc1ccccc1)c1ccc(O)cc1. The molecule has 0 fully saturated rings. The molecule has 0 aliphatic carbocycles. The van der Waals surface area contributed by atoms with E-state index in [-0.39, 0.29) is 11.7 Å². The van der Waals surface area contributed by atoms with Crippen molar-refractivity contribution in [2.75, 3.05) is 0 Å². The fourth-order valence-corrected chi connectivity index (χ4v) is 1.84. The van der Waals surface area contributed by atoms with Gasteiger partial charge in [0, 0.05) is 6.42 Å². The fourth-order valence-electron chi connectivity index (χ4n) is 1.84. The van der Waals surface area contributed by atoms with Crippen molar-refractivity contribution in [2.45, 2.75) is 12.8 Å². The van der Waals surface area contributed by atoms with E-state index in [4.69, 9.17) is 0 Å². The number of nitrogens with one attached hydrogen (secondary N) is 2. The summed E-state index contributed by atoms with van der Waals surface area (Å²) >= 11 is 0. The number of benzene rings is 2. The quantitative estimate of drug-likeness (QED) is 0.714. The molecule has 0 unspecified atom stereocenters. The molecule has 0 aliphatic rings. The number of rotatable bonds is 6. The van der Waals surface area contributed by atoms with Gasteiger partial charge in [-0.3, -0.25) is 15.6 Å². The molecular formula is C17H18N2O2. The summed E-state index contributed by atoms with van der Waals surface area (Å²) in [4.78, 5) is 11.8. The number of hydrogen-bond acceptors (Lipinski definition) is 3. The maximum Gasteiger partial charge on any atom is 0.238 e. The molecule has 21 heavy (non-hydrogen) atoms. The van der Waals surface area contributed by atoms with Crippen molar-refractivity contribution in [2.24, 2.45) is 0 Å². The van der Waals surface area contributed by atoms with Crippen molar-refractivity contribution in [1.29, 1.82) is 0 Å². The topological polar surface area (TPSA) is 61.4 Å². The fraction of sp³-hybridized carbons (Fsp3) is 0.118. The first-order valence-corrected chi connectivity index (χ1v) is 6.72. The molecule has 0 atom stereocenters. The number of hydrogen-bond donors (Lipinski definition) is 3. The third-order valence-electron chi connectivity index (χ3n) is 3.05. The molecule has 0 bridgehead atoms. The third kappa shape index (κ3) is 4.69. The Bertz CT molecular complexity index is 606. The monoisotopic (exact) mass is 282 g/mol. The molecule has 2 aromatic carbocycles. The standard InChI is InChI=1S/C17H18N2O2/c1-13(15-8-10-16(20)11-9-15)18-19-17(21)12-7-14-5-3-2-4-6-14/h2-6,8-11,18,20H,1,7,12H2,(H,19,21). The molecular weight excluding hydrogens is 264 g/mol. The molecule has 108 valence electrons. The first kappa shape index (κ1) is 14.7. The van der Waals surface area contributed by atoms with Gasteiger partial charge in [-0.15, -0.1) is 0 Å². The van der Waals surface area contributed by atoms with Gasteiger partial charge in [-0.25, -0.2) is 0 Å². The molecule has 1 amide bonds. The first-order chi connectivity index (χ1) is 10.1. The summed E-state index contributed by atoms with van der Waals surface area (Å²) in [6, 6.07) is 16.4. The zero-order valence-electron chi connectivity index (χ0n) is 11.7. The Morgan fingerprint density at radius 3 is 2.33 bits per heavy atom. The molecule has 0 saturated carbocycles. The summed E-state index contributed by atoms with van der Waals surface area (Å²) in [5, 5.41) is 9.21. The predicted octanol–water partition coefficient (Wildman–Crippen LogP) is 2.62. The Morgan fingerprint density at radius 2 is 1.67 bits per heavy atom. The van der Waals surface area contributed by atoms with Crippen LogP contribution in [0.4, 0.5) is 0 Å². The van der Waals surface area contributed by atoms with Gasteiger partial charge in [-0.05, 0) is 41.8 Å². The number of amides is 1. The van der Waals surface area contributed by atoms with Crippen molar-refractivity contribution in [3.05, 3.63) is 72.3 Å². The molecule has 4 nitrogen and oxygen atoms in total. The molecule has 4 heteroatoms. The highest BCUT2D eigenvalue weighted by molar-refractivity contribution is 5.77. The van der Waals surface area contributed by atoms with Crippen LogP contribution < -0.4 is 10.9 Å². The van der Waals surface area contributed by atoms with Crippen LogP contribution in [-0.2, 0) is 11.2 Å². The lowest BCUT2D eigenvalue weighted by molar-refractivity contribution is -0.121. The van der Waals surface area contributed by atoms with Crippen molar-refractivity contribution < 1.29 is 9.90 Å². The Hall–Kier alpha value is -2.75. The van der Waals surface area contributed by atoms with Gasteiger partial charge in [-0.1, -0.05) is 36.9 Å². The molecule has 3 N–H and O–H groups in total. The van der Waals surface area contributed by atoms with Crippen LogP contribution in [-0.4, -0.2) is 11.0 Å². The smallest absolute Gasteiger partial charge is 0.238 e. The van der Waals surface area contributed by atoms with E-state index in [9.17, 15) is 9.90 Å². The van der Waals surface area contributed by atoms with Gasteiger partial charge >= 0.3 is 0 Å². The van der Waals surface area contributed by atoms with E-state index in [1.165, 1.54) is 0 Å². The first-order valence-electron chi connectivity index (χ1n) is 6.72. The van der Waals surface area contributed by atoms with Crippen molar-refractivity contribution in [1.82, 2.24) is 10.9 Å². The minimum absolute atomic E-state index is 0.0984. The molecule has 0 aliphatic heterocycles. The normalized spacial score (nSPS) is 9.90. The third-order valence-corrected chi connectivity index (χ3v) is 3.05. The van der Waals surface area contributed by atoms with Crippen LogP contribution in [0.2, 0.25) is 0 Å². The van der Waals surface area contributed by atoms with Crippen LogP contribution in [0.3, 0.4) is 0 Å². The van der Waals surface area contributed by atoms with Crippen molar-refractivity contribution in [3.8, 4) is 5.75 Å². The Morgan fingerprint density at radius 1 is 1.00 bits per heavy atom. The summed E-state index contributed by atoms with van der Waals surface area (Å²) in [6.07, 6.45) is 1.10.